The Balaban J connectivity index is 1.45. The van der Waals surface area contributed by atoms with Crippen molar-refractivity contribution in [3.63, 3.8) is 0 Å². The van der Waals surface area contributed by atoms with Crippen LogP contribution in [0.2, 0.25) is 0 Å². The van der Waals surface area contributed by atoms with E-state index in [0.29, 0.717) is 6.61 Å². The van der Waals surface area contributed by atoms with Gasteiger partial charge in [-0.2, -0.15) is 0 Å². The van der Waals surface area contributed by atoms with E-state index in [2.05, 4.69) is 11.4 Å². The van der Waals surface area contributed by atoms with Crippen LogP contribution in [0.1, 0.15) is 11.1 Å². The Morgan fingerprint density at radius 3 is 2.60 bits per heavy atom. The van der Waals surface area contributed by atoms with Crippen molar-refractivity contribution in [2.24, 2.45) is 0 Å². The van der Waals surface area contributed by atoms with Crippen molar-refractivity contribution in [1.82, 2.24) is 0 Å². The number of halogens is 1. The number of benzene rings is 2. The van der Waals surface area contributed by atoms with E-state index in [-0.39, 0.29) is 5.82 Å². The summed E-state index contributed by atoms with van der Waals surface area (Å²) in [6, 6.07) is 14.6. The van der Waals surface area contributed by atoms with E-state index in [4.69, 9.17) is 9.47 Å². The minimum Gasteiger partial charge on any atom is -0.488 e. The van der Waals surface area contributed by atoms with Gasteiger partial charge >= 0.3 is 0 Å². The molecule has 4 nitrogen and oxygen atoms in total. The van der Waals surface area contributed by atoms with Crippen LogP contribution in [-0.4, -0.2) is 39.4 Å². The van der Waals surface area contributed by atoms with Crippen molar-refractivity contribution in [2.75, 3.05) is 39.4 Å². The van der Waals surface area contributed by atoms with Crippen molar-refractivity contribution in [1.29, 1.82) is 0 Å². The van der Waals surface area contributed by atoms with E-state index in [0.717, 1.165) is 50.7 Å². The van der Waals surface area contributed by atoms with Gasteiger partial charge in [0.2, 0.25) is 0 Å². The molecule has 2 aromatic carbocycles. The predicted octanol–water partition coefficient (Wildman–Crippen LogP) is 0.383. The number of ether oxygens (including phenoxy) is 2. The number of morpholine rings is 1. The molecule has 134 valence electrons. The molecule has 0 aromatic heterocycles. The normalized spacial score (nSPS) is 15.2. The Morgan fingerprint density at radius 1 is 1.04 bits per heavy atom. The van der Waals surface area contributed by atoms with Gasteiger partial charge in [-0.1, -0.05) is 24.3 Å². The van der Waals surface area contributed by atoms with Gasteiger partial charge in [0.05, 0.1) is 13.2 Å². The summed E-state index contributed by atoms with van der Waals surface area (Å²) < 4.78 is 24.3. The molecule has 0 amide bonds. The van der Waals surface area contributed by atoms with Crippen LogP contribution >= 0.6 is 0 Å². The smallest absolute Gasteiger partial charge is 0.128 e. The lowest BCUT2D eigenvalue weighted by Crippen LogP contribution is -3.16. The van der Waals surface area contributed by atoms with E-state index in [1.165, 1.54) is 24.2 Å². The van der Waals surface area contributed by atoms with Gasteiger partial charge in [0.15, 0.2) is 0 Å². The quantitative estimate of drug-likeness (QED) is 0.679. The molecular formula is C20H27FN2O2+2. The molecule has 0 bridgehead atoms. The summed E-state index contributed by atoms with van der Waals surface area (Å²) in [5, 5.41) is 2.34. The zero-order valence-electron chi connectivity index (χ0n) is 14.5. The number of nitrogens with two attached hydrogens (primary N) is 1. The van der Waals surface area contributed by atoms with Crippen molar-refractivity contribution in [3.05, 3.63) is 65.5 Å². The lowest BCUT2D eigenvalue weighted by Gasteiger charge is -2.22. The second-order valence-corrected chi connectivity index (χ2v) is 6.42. The molecule has 0 atom stereocenters. The maximum absolute atomic E-state index is 13.0. The zero-order chi connectivity index (χ0) is 17.3. The molecule has 0 unspecified atom stereocenters. The second kappa shape index (κ2) is 9.51. The van der Waals surface area contributed by atoms with Gasteiger partial charge in [0.1, 0.15) is 50.9 Å². The molecule has 5 heteroatoms. The van der Waals surface area contributed by atoms with Gasteiger partial charge in [-0.25, -0.2) is 4.39 Å². The third kappa shape index (κ3) is 5.81. The fraction of sp³-hybridized carbons (Fsp3) is 0.400. The van der Waals surface area contributed by atoms with E-state index < -0.39 is 0 Å². The minimum absolute atomic E-state index is 0.221. The molecule has 0 saturated carbocycles. The Bertz CT molecular complexity index is 642. The standard InChI is InChI=1S/C20H25FN2O2/c21-19-7-5-17(6-8-19)16-25-20-4-2-1-3-18(20)15-22-9-10-23-11-13-24-14-12-23/h1-8,22H,9-16H2/p+2. The average Bonchev–Trinajstić information content (AvgIpc) is 2.66. The molecule has 3 N–H and O–H groups in total. The number of nitrogens with one attached hydrogen (secondary N) is 1. The first-order valence-corrected chi connectivity index (χ1v) is 8.99. The van der Waals surface area contributed by atoms with Gasteiger partial charge in [0.25, 0.3) is 0 Å². The summed E-state index contributed by atoms with van der Waals surface area (Å²) in [4.78, 5) is 1.63. The highest BCUT2D eigenvalue weighted by atomic mass is 19.1. The summed E-state index contributed by atoms with van der Waals surface area (Å²) in [5.74, 6) is 0.683. The van der Waals surface area contributed by atoms with Gasteiger partial charge in [0, 0.05) is 5.56 Å². The number of rotatable bonds is 8. The Morgan fingerprint density at radius 2 is 1.80 bits per heavy atom. The summed E-state index contributed by atoms with van der Waals surface area (Å²) >= 11 is 0. The van der Waals surface area contributed by atoms with Gasteiger partial charge < -0.3 is 19.7 Å². The van der Waals surface area contributed by atoms with Crippen LogP contribution in [0.3, 0.4) is 0 Å². The highest BCUT2D eigenvalue weighted by molar-refractivity contribution is 5.32. The van der Waals surface area contributed by atoms with Crippen molar-refractivity contribution in [2.45, 2.75) is 13.2 Å². The predicted molar refractivity (Wildman–Crippen MR) is 94.1 cm³/mol. The first kappa shape index (κ1) is 17.9. The lowest BCUT2D eigenvalue weighted by atomic mass is 10.2. The first-order valence-electron chi connectivity index (χ1n) is 8.99. The van der Waals surface area contributed by atoms with Crippen molar-refractivity contribution < 1.29 is 24.1 Å². The maximum atomic E-state index is 13.0. The van der Waals surface area contributed by atoms with Crippen LogP contribution in [0.25, 0.3) is 0 Å². The molecule has 25 heavy (non-hydrogen) atoms. The molecule has 1 aliphatic rings. The first-order chi connectivity index (χ1) is 12.3. The van der Waals surface area contributed by atoms with E-state index in [9.17, 15) is 4.39 Å². The number of hydrogen-bond acceptors (Lipinski definition) is 2. The monoisotopic (exact) mass is 346 g/mol. The molecule has 1 fully saturated rings. The molecule has 3 rings (SSSR count). The molecular weight excluding hydrogens is 319 g/mol. The second-order valence-electron chi connectivity index (χ2n) is 6.42. The molecule has 0 aliphatic carbocycles. The van der Waals surface area contributed by atoms with Gasteiger partial charge in [-0.05, 0) is 29.8 Å². The summed E-state index contributed by atoms with van der Waals surface area (Å²) in [6.07, 6.45) is 0. The van der Waals surface area contributed by atoms with Crippen molar-refractivity contribution in [3.8, 4) is 5.75 Å². The highest BCUT2D eigenvalue weighted by Crippen LogP contribution is 2.18. The lowest BCUT2D eigenvalue weighted by molar-refractivity contribution is -0.920. The third-order valence-corrected chi connectivity index (χ3v) is 4.55. The number of para-hydroxylation sites is 1. The number of hydrogen-bond donors (Lipinski definition) is 2. The SMILES string of the molecule is Fc1ccc(COc2ccccc2C[NH2+]CC[NH+]2CCOCC2)cc1. The average molecular weight is 346 g/mol. The van der Waals surface area contributed by atoms with Gasteiger partial charge in [-0.15, -0.1) is 0 Å². The fourth-order valence-corrected chi connectivity index (χ4v) is 3.03. The Hall–Kier alpha value is -1.95. The topological polar surface area (TPSA) is 39.5 Å². The molecule has 0 spiro atoms. The van der Waals surface area contributed by atoms with E-state index in [1.807, 2.05) is 18.2 Å². The Labute approximate surface area is 148 Å². The molecule has 1 saturated heterocycles. The molecule has 1 heterocycles. The van der Waals surface area contributed by atoms with Crippen molar-refractivity contribution >= 4 is 0 Å². The maximum Gasteiger partial charge on any atom is 0.128 e. The summed E-state index contributed by atoms with van der Waals surface area (Å²) in [6.45, 7) is 7.63. The van der Waals surface area contributed by atoms with Crippen LogP contribution in [0, 0.1) is 5.82 Å². The van der Waals surface area contributed by atoms with Crippen LogP contribution < -0.4 is 15.0 Å². The molecule has 0 radical (unpaired) electrons. The molecule has 2 aromatic rings. The zero-order valence-corrected chi connectivity index (χ0v) is 14.5. The number of quaternary nitrogens is 2. The summed E-state index contributed by atoms with van der Waals surface area (Å²) in [7, 11) is 0. The van der Waals surface area contributed by atoms with E-state index >= 15 is 0 Å². The van der Waals surface area contributed by atoms with Crippen LogP contribution in [0.15, 0.2) is 48.5 Å². The minimum atomic E-state index is -0.221. The summed E-state index contributed by atoms with van der Waals surface area (Å²) in [5.41, 5.74) is 2.16. The van der Waals surface area contributed by atoms with Crippen LogP contribution in [-0.2, 0) is 17.9 Å². The highest BCUT2D eigenvalue weighted by Gasteiger charge is 2.14. The fourth-order valence-electron chi connectivity index (χ4n) is 3.03. The van der Waals surface area contributed by atoms with Gasteiger partial charge in [-0.3, -0.25) is 0 Å². The third-order valence-electron chi connectivity index (χ3n) is 4.55. The van der Waals surface area contributed by atoms with Crippen LogP contribution in [0.4, 0.5) is 4.39 Å². The van der Waals surface area contributed by atoms with Crippen LogP contribution in [0.5, 0.6) is 5.75 Å². The molecule has 1 aliphatic heterocycles. The van der Waals surface area contributed by atoms with E-state index in [1.54, 1.807) is 17.0 Å². The largest absolute Gasteiger partial charge is 0.488 e. The Kier molecular flexibility index (Phi) is 6.79.